The number of nitrogens with zero attached hydrogens (tertiary/aromatic N) is 2. The first kappa shape index (κ1) is 35.3. The van der Waals surface area contributed by atoms with Gasteiger partial charge in [0.1, 0.15) is 30.9 Å². The normalized spacial score (nSPS) is 14.8. The summed E-state index contributed by atoms with van der Waals surface area (Å²) in [5.41, 5.74) is 5.14. The summed E-state index contributed by atoms with van der Waals surface area (Å²) in [6.07, 6.45) is -4.34. The highest BCUT2D eigenvalue weighted by atomic mass is 19.4. The van der Waals surface area contributed by atoms with Crippen LogP contribution in [-0.2, 0) is 32.4 Å². The second-order valence-electron chi connectivity index (χ2n) is 12.4. The monoisotopic (exact) mass is 674 g/mol. The molecule has 1 aliphatic heterocycles. The van der Waals surface area contributed by atoms with Crippen molar-refractivity contribution in [2.24, 2.45) is 5.16 Å². The van der Waals surface area contributed by atoms with Gasteiger partial charge in [-0.15, -0.1) is 0 Å². The van der Waals surface area contributed by atoms with Gasteiger partial charge in [-0.25, -0.2) is 4.79 Å². The maximum Gasteiger partial charge on any atom is 0.416 e. The van der Waals surface area contributed by atoms with Gasteiger partial charge in [-0.2, -0.15) is 13.2 Å². The van der Waals surface area contributed by atoms with Crippen LogP contribution < -0.4 is 14.4 Å². The van der Waals surface area contributed by atoms with Gasteiger partial charge in [0.05, 0.1) is 18.7 Å². The van der Waals surface area contributed by atoms with E-state index in [1.54, 1.807) is 14.0 Å². The molecule has 1 atom stereocenters. The summed E-state index contributed by atoms with van der Waals surface area (Å²) in [6.45, 7) is 8.41. The van der Waals surface area contributed by atoms with Gasteiger partial charge in [-0.1, -0.05) is 67.5 Å². The van der Waals surface area contributed by atoms with Gasteiger partial charge in [-0.3, -0.25) is 0 Å². The van der Waals surface area contributed by atoms with Gasteiger partial charge in [0.25, 0.3) is 0 Å². The summed E-state index contributed by atoms with van der Waals surface area (Å²) in [4.78, 5) is 20.2. The zero-order chi connectivity index (χ0) is 35.0. The molecule has 4 aromatic carbocycles. The summed E-state index contributed by atoms with van der Waals surface area (Å²) in [6, 6.07) is 28.0. The number of rotatable bonds is 13. The zero-order valence-corrected chi connectivity index (χ0v) is 28.1. The molecule has 1 heterocycles. The van der Waals surface area contributed by atoms with Gasteiger partial charge in [0.15, 0.2) is 6.10 Å². The van der Waals surface area contributed by atoms with Crippen molar-refractivity contribution in [2.75, 3.05) is 38.3 Å². The topological polar surface area (TPSA) is 69.6 Å². The van der Waals surface area contributed by atoms with Crippen LogP contribution in [0.15, 0.2) is 102 Å². The third kappa shape index (κ3) is 8.93. The van der Waals surface area contributed by atoms with Crippen LogP contribution in [0.2, 0.25) is 0 Å². The standard InChI is InChI=1S/C39H41F3N2O5/c1-5-47-37(45)35(49-32-18-14-30(15-19-32)39(40,41)42)25-27-11-16-31(17-12-27)48-24-23-44-22-21-38(2,3)33-26-29(13-20-34(33)44)36(43-46-4)28-9-7-6-8-10-28/h6-20,26,35H,5,21-25H2,1-4H3. The number of halogens is 3. The van der Waals surface area contributed by atoms with Crippen molar-refractivity contribution in [1.82, 2.24) is 0 Å². The Morgan fingerprint density at radius 3 is 2.27 bits per heavy atom. The molecule has 0 saturated heterocycles. The van der Waals surface area contributed by atoms with Crippen LogP contribution in [0.25, 0.3) is 0 Å². The average molecular weight is 675 g/mol. The van der Waals surface area contributed by atoms with E-state index in [9.17, 15) is 18.0 Å². The van der Waals surface area contributed by atoms with Crippen LogP contribution in [0.1, 0.15) is 55.0 Å². The quantitative estimate of drug-likeness (QED) is 0.0809. The minimum atomic E-state index is -4.46. The molecule has 1 aliphatic rings. The Morgan fingerprint density at radius 2 is 1.61 bits per heavy atom. The third-order valence-corrected chi connectivity index (χ3v) is 8.56. The first-order valence-corrected chi connectivity index (χ1v) is 16.3. The fraction of sp³-hybridized carbons (Fsp3) is 0.333. The number of hydrogen-bond donors (Lipinski definition) is 0. The molecule has 1 unspecified atom stereocenters. The molecule has 0 aromatic heterocycles. The lowest BCUT2D eigenvalue weighted by Gasteiger charge is -2.40. The predicted octanol–water partition coefficient (Wildman–Crippen LogP) is 8.22. The summed E-state index contributed by atoms with van der Waals surface area (Å²) in [7, 11) is 1.56. The Balaban J connectivity index is 1.22. The number of benzene rings is 4. The molecular weight excluding hydrogens is 633 g/mol. The molecule has 0 amide bonds. The molecule has 49 heavy (non-hydrogen) atoms. The fourth-order valence-corrected chi connectivity index (χ4v) is 5.87. The lowest BCUT2D eigenvalue weighted by Crippen LogP contribution is -2.39. The summed E-state index contributed by atoms with van der Waals surface area (Å²) in [5, 5.41) is 4.35. The van der Waals surface area contributed by atoms with E-state index in [1.807, 2.05) is 54.6 Å². The Bertz CT molecular complexity index is 1720. The van der Waals surface area contributed by atoms with Gasteiger partial charge in [0.2, 0.25) is 0 Å². The van der Waals surface area contributed by atoms with Gasteiger partial charge >= 0.3 is 12.1 Å². The molecule has 0 aliphatic carbocycles. The lowest BCUT2D eigenvalue weighted by atomic mass is 9.76. The fourth-order valence-electron chi connectivity index (χ4n) is 5.87. The van der Waals surface area contributed by atoms with Crippen LogP contribution in [0.3, 0.4) is 0 Å². The number of hydrogen-bond acceptors (Lipinski definition) is 7. The van der Waals surface area contributed by atoms with E-state index >= 15 is 0 Å². The molecule has 0 spiro atoms. The number of ether oxygens (including phenoxy) is 3. The first-order chi connectivity index (χ1) is 23.5. The number of alkyl halides is 3. The minimum absolute atomic E-state index is 0.0228. The summed E-state index contributed by atoms with van der Waals surface area (Å²) in [5.74, 6) is 0.225. The number of esters is 1. The van der Waals surface area contributed by atoms with Crippen molar-refractivity contribution in [3.63, 3.8) is 0 Å². The number of carbonyl (C=O) groups is 1. The van der Waals surface area contributed by atoms with Gasteiger partial charge in [-0.05, 0) is 78.4 Å². The van der Waals surface area contributed by atoms with E-state index in [1.165, 1.54) is 23.4 Å². The van der Waals surface area contributed by atoms with Crippen molar-refractivity contribution in [3.05, 3.63) is 125 Å². The molecule has 0 bridgehead atoms. The Labute approximate surface area is 285 Å². The molecule has 0 N–H and O–H groups in total. The molecule has 258 valence electrons. The SMILES string of the molecule is CCOC(=O)C(Cc1ccc(OCCN2CCC(C)(C)c3cc(C(=NOC)c4ccccc4)ccc32)cc1)Oc1ccc(C(F)(F)F)cc1. The second kappa shape index (κ2) is 15.5. The maximum absolute atomic E-state index is 13.0. The Hall–Kier alpha value is -4.99. The summed E-state index contributed by atoms with van der Waals surface area (Å²) < 4.78 is 55.9. The highest BCUT2D eigenvalue weighted by Crippen LogP contribution is 2.40. The van der Waals surface area contributed by atoms with Gasteiger partial charge in [0, 0.05) is 29.8 Å². The molecule has 0 saturated carbocycles. The average Bonchev–Trinajstić information content (AvgIpc) is 3.09. The summed E-state index contributed by atoms with van der Waals surface area (Å²) >= 11 is 0. The molecule has 5 rings (SSSR count). The third-order valence-electron chi connectivity index (χ3n) is 8.56. The van der Waals surface area contributed by atoms with E-state index < -0.39 is 23.8 Å². The van der Waals surface area contributed by atoms with Crippen molar-refractivity contribution in [1.29, 1.82) is 0 Å². The predicted molar refractivity (Wildman–Crippen MR) is 184 cm³/mol. The number of fused-ring (bicyclic) bond motifs is 1. The molecule has 0 fully saturated rings. The Morgan fingerprint density at radius 1 is 0.918 bits per heavy atom. The minimum Gasteiger partial charge on any atom is -0.492 e. The Kier molecular flexibility index (Phi) is 11.2. The highest BCUT2D eigenvalue weighted by Gasteiger charge is 2.32. The van der Waals surface area contributed by atoms with Crippen molar-refractivity contribution >= 4 is 17.4 Å². The van der Waals surface area contributed by atoms with Crippen LogP contribution in [0.5, 0.6) is 11.5 Å². The second-order valence-corrected chi connectivity index (χ2v) is 12.4. The lowest BCUT2D eigenvalue weighted by molar-refractivity contribution is -0.151. The van der Waals surface area contributed by atoms with Crippen molar-refractivity contribution < 1.29 is 37.0 Å². The van der Waals surface area contributed by atoms with Crippen LogP contribution in [-0.4, -0.2) is 51.2 Å². The zero-order valence-electron chi connectivity index (χ0n) is 28.1. The van der Waals surface area contributed by atoms with Crippen molar-refractivity contribution in [2.45, 2.75) is 51.3 Å². The molecule has 7 nitrogen and oxygen atoms in total. The van der Waals surface area contributed by atoms with Crippen molar-refractivity contribution in [3.8, 4) is 11.5 Å². The smallest absolute Gasteiger partial charge is 0.416 e. The molecule has 0 radical (unpaired) electrons. The van der Waals surface area contributed by atoms with E-state index in [4.69, 9.17) is 19.0 Å². The van der Waals surface area contributed by atoms with Crippen LogP contribution in [0, 0.1) is 0 Å². The number of anilines is 1. The van der Waals surface area contributed by atoms with Crippen LogP contribution in [0.4, 0.5) is 18.9 Å². The highest BCUT2D eigenvalue weighted by molar-refractivity contribution is 6.13. The maximum atomic E-state index is 13.0. The van der Waals surface area contributed by atoms with E-state index in [2.05, 4.69) is 42.1 Å². The van der Waals surface area contributed by atoms with E-state index in [0.29, 0.717) is 18.9 Å². The number of carbonyl (C=O) groups excluding carboxylic acids is 1. The molecule has 4 aromatic rings. The number of oxime groups is 1. The van der Waals surface area contributed by atoms with E-state index in [-0.39, 0.29) is 24.2 Å². The molecular formula is C39H41F3N2O5. The molecule has 10 heteroatoms. The van der Waals surface area contributed by atoms with Crippen LogP contribution >= 0.6 is 0 Å². The first-order valence-electron chi connectivity index (χ1n) is 16.3. The van der Waals surface area contributed by atoms with E-state index in [0.717, 1.165) is 47.5 Å². The van der Waals surface area contributed by atoms with Gasteiger partial charge < -0.3 is 23.9 Å². The largest absolute Gasteiger partial charge is 0.492 e.